The fraction of sp³-hybridized carbons (Fsp3) is 0.111. The second-order valence-electron chi connectivity index (χ2n) is 4.75. The number of hydrogen-bond acceptors (Lipinski definition) is 3. The lowest BCUT2D eigenvalue weighted by Crippen LogP contribution is -2.13. The highest BCUT2D eigenvalue weighted by Gasteiger charge is 2.10. The molecule has 0 bridgehead atoms. The molecule has 6 heteroatoms. The maximum absolute atomic E-state index is 12.2. The van der Waals surface area contributed by atoms with Crippen LogP contribution in [0.15, 0.2) is 57.0 Å². The van der Waals surface area contributed by atoms with Crippen LogP contribution in [0.1, 0.15) is 12.5 Å². The Hall–Kier alpha value is -2.10. The highest BCUT2D eigenvalue weighted by molar-refractivity contribution is 9.10. The Morgan fingerprint density at radius 2 is 1.96 bits per heavy atom. The van der Waals surface area contributed by atoms with Crippen molar-refractivity contribution in [2.24, 2.45) is 0 Å². The Morgan fingerprint density at radius 1 is 1.25 bits per heavy atom. The molecule has 0 aliphatic carbocycles. The van der Waals surface area contributed by atoms with Gasteiger partial charge in [0.2, 0.25) is 0 Å². The maximum atomic E-state index is 12.2. The molecule has 0 fully saturated rings. The van der Waals surface area contributed by atoms with Gasteiger partial charge in [-0.1, -0.05) is 22.0 Å². The van der Waals surface area contributed by atoms with Crippen molar-refractivity contribution in [3.63, 3.8) is 0 Å². The Bertz CT molecular complexity index is 809. The largest absolute Gasteiger partial charge is 0.493 e. The van der Waals surface area contributed by atoms with E-state index >= 15 is 0 Å². The smallest absolute Gasteiger partial charge is 0.266 e. The SMILES string of the molecule is CCOc1ccc(/C=C(/C#N)C(=O)Nc2ccc(Br)cc2)cc1Br. The van der Waals surface area contributed by atoms with Crippen molar-refractivity contribution in [1.82, 2.24) is 0 Å². The second kappa shape index (κ2) is 8.67. The highest BCUT2D eigenvalue weighted by atomic mass is 79.9. The van der Waals surface area contributed by atoms with Crippen LogP contribution >= 0.6 is 31.9 Å². The van der Waals surface area contributed by atoms with Crippen molar-refractivity contribution >= 4 is 49.5 Å². The molecule has 0 heterocycles. The first kappa shape index (κ1) is 18.2. The van der Waals surface area contributed by atoms with Crippen LogP contribution in [0.5, 0.6) is 5.75 Å². The summed E-state index contributed by atoms with van der Waals surface area (Å²) >= 11 is 6.75. The van der Waals surface area contributed by atoms with Crippen molar-refractivity contribution in [2.75, 3.05) is 11.9 Å². The molecule has 0 saturated carbocycles. The van der Waals surface area contributed by atoms with Crippen molar-refractivity contribution in [1.29, 1.82) is 5.26 Å². The van der Waals surface area contributed by atoms with Gasteiger partial charge in [0.05, 0.1) is 11.1 Å². The van der Waals surface area contributed by atoms with E-state index in [1.807, 2.05) is 25.1 Å². The molecule has 1 N–H and O–H groups in total. The molecule has 0 atom stereocenters. The summed E-state index contributed by atoms with van der Waals surface area (Å²) in [6, 6.07) is 14.5. The van der Waals surface area contributed by atoms with Crippen LogP contribution in [-0.2, 0) is 4.79 Å². The Kier molecular flexibility index (Phi) is 6.59. The number of nitrogens with zero attached hydrogens (tertiary/aromatic N) is 1. The molecule has 122 valence electrons. The molecule has 0 aromatic heterocycles. The van der Waals surface area contributed by atoms with E-state index in [1.54, 1.807) is 30.3 Å². The zero-order valence-corrected chi connectivity index (χ0v) is 16.0. The lowest BCUT2D eigenvalue weighted by atomic mass is 10.1. The topological polar surface area (TPSA) is 62.1 Å². The molecule has 4 nitrogen and oxygen atoms in total. The van der Waals surface area contributed by atoms with E-state index in [0.29, 0.717) is 18.0 Å². The standard InChI is InChI=1S/C18H14Br2N2O2/c1-2-24-17-8-3-12(10-16(17)20)9-13(11-21)18(23)22-15-6-4-14(19)5-7-15/h3-10H,2H2,1H3,(H,22,23)/b13-9-. The average molecular weight is 450 g/mol. The molecule has 24 heavy (non-hydrogen) atoms. The lowest BCUT2D eigenvalue weighted by Gasteiger charge is -2.07. The monoisotopic (exact) mass is 448 g/mol. The number of amides is 1. The van der Waals surface area contributed by atoms with Gasteiger partial charge in [0.1, 0.15) is 17.4 Å². The minimum absolute atomic E-state index is 0.0222. The van der Waals surface area contributed by atoms with Crippen molar-refractivity contribution in [2.45, 2.75) is 6.92 Å². The average Bonchev–Trinajstić information content (AvgIpc) is 2.57. The Labute approximate surface area is 157 Å². The minimum Gasteiger partial charge on any atom is -0.493 e. The van der Waals surface area contributed by atoms with Crippen LogP contribution in [0.3, 0.4) is 0 Å². The number of carbonyl (C=O) groups excluding carboxylic acids is 1. The van der Waals surface area contributed by atoms with E-state index in [4.69, 9.17) is 4.74 Å². The summed E-state index contributed by atoms with van der Waals surface area (Å²) in [5.41, 5.74) is 1.37. The van der Waals surface area contributed by atoms with Gasteiger partial charge in [-0.2, -0.15) is 5.26 Å². The highest BCUT2D eigenvalue weighted by Crippen LogP contribution is 2.27. The number of ether oxygens (including phenoxy) is 1. The van der Waals surface area contributed by atoms with Crippen molar-refractivity contribution in [3.05, 3.63) is 62.5 Å². The predicted octanol–water partition coefficient (Wildman–Crippen LogP) is 5.16. The summed E-state index contributed by atoms with van der Waals surface area (Å²) in [5.74, 6) is 0.261. The van der Waals surface area contributed by atoms with Crippen LogP contribution in [-0.4, -0.2) is 12.5 Å². The van der Waals surface area contributed by atoms with E-state index in [9.17, 15) is 10.1 Å². The number of nitrogens with one attached hydrogen (secondary N) is 1. The summed E-state index contributed by atoms with van der Waals surface area (Å²) in [6.45, 7) is 2.47. The molecule has 0 radical (unpaired) electrons. The van der Waals surface area contributed by atoms with E-state index in [-0.39, 0.29) is 5.57 Å². The van der Waals surface area contributed by atoms with Gasteiger partial charge in [0, 0.05) is 10.2 Å². The fourth-order valence-corrected chi connectivity index (χ4v) is 2.70. The molecular formula is C18H14Br2N2O2. The number of anilines is 1. The Morgan fingerprint density at radius 3 is 2.54 bits per heavy atom. The molecular weight excluding hydrogens is 436 g/mol. The molecule has 0 unspecified atom stereocenters. The zero-order valence-electron chi connectivity index (χ0n) is 12.8. The van der Waals surface area contributed by atoms with Crippen LogP contribution in [0.4, 0.5) is 5.69 Å². The molecule has 0 aliphatic rings. The van der Waals surface area contributed by atoms with E-state index in [2.05, 4.69) is 37.2 Å². The summed E-state index contributed by atoms with van der Waals surface area (Å²) in [6.07, 6.45) is 1.54. The first-order chi connectivity index (χ1) is 11.5. The fourth-order valence-electron chi connectivity index (χ4n) is 1.93. The van der Waals surface area contributed by atoms with Gasteiger partial charge in [0.25, 0.3) is 5.91 Å². The van der Waals surface area contributed by atoms with E-state index in [1.165, 1.54) is 6.08 Å². The minimum atomic E-state index is -0.454. The number of carbonyl (C=O) groups is 1. The van der Waals surface area contributed by atoms with Gasteiger partial charge in [-0.3, -0.25) is 4.79 Å². The van der Waals surface area contributed by atoms with Gasteiger partial charge < -0.3 is 10.1 Å². The quantitative estimate of drug-likeness (QED) is 0.506. The normalized spacial score (nSPS) is 10.8. The summed E-state index contributed by atoms with van der Waals surface area (Å²) < 4.78 is 7.12. The summed E-state index contributed by atoms with van der Waals surface area (Å²) in [4.78, 5) is 12.2. The molecule has 2 rings (SSSR count). The van der Waals surface area contributed by atoms with E-state index < -0.39 is 5.91 Å². The maximum Gasteiger partial charge on any atom is 0.266 e. The van der Waals surface area contributed by atoms with Gasteiger partial charge >= 0.3 is 0 Å². The number of halogens is 2. The number of benzene rings is 2. The molecule has 2 aromatic rings. The first-order valence-corrected chi connectivity index (χ1v) is 8.73. The van der Waals surface area contributed by atoms with Gasteiger partial charge in [-0.25, -0.2) is 0 Å². The van der Waals surface area contributed by atoms with Gasteiger partial charge in [-0.05, 0) is 70.9 Å². The van der Waals surface area contributed by atoms with Gasteiger partial charge in [-0.15, -0.1) is 0 Å². The molecule has 0 spiro atoms. The summed E-state index contributed by atoms with van der Waals surface area (Å²) in [5, 5.41) is 12.0. The summed E-state index contributed by atoms with van der Waals surface area (Å²) in [7, 11) is 0. The molecule has 2 aromatic carbocycles. The molecule has 0 aliphatic heterocycles. The third-order valence-electron chi connectivity index (χ3n) is 3.03. The Balaban J connectivity index is 2.19. The molecule has 1 amide bonds. The van der Waals surface area contributed by atoms with Crippen LogP contribution in [0, 0.1) is 11.3 Å². The first-order valence-electron chi connectivity index (χ1n) is 7.14. The lowest BCUT2D eigenvalue weighted by molar-refractivity contribution is -0.112. The number of rotatable bonds is 5. The van der Waals surface area contributed by atoms with Gasteiger partial charge in [0.15, 0.2) is 0 Å². The molecule has 0 saturated heterocycles. The predicted molar refractivity (Wildman–Crippen MR) is 102 cm³/mol. The third-order valence-corrected chi connectivity index (χ3v) is 4.18. The van der Waals surface area contributed by atoms with E-state index in [0.717, 1.165) is 14.5 Å². The zero-order chi connectivity index (χ0) is 17.5. The van der Waals surface area contributed by atoms with Crippen LogP contribution < -0.4 is 10.1 Å². The van der Waals surface area contributed by atoms with Crippen molar-refractivity contribution in [3.8, 4) is 11.8 Å². The number of hydrogen-bond donors (Lipinski definition) is 1. The van der Waals surface area contributed by atoms with Crippen molar-refractivity contribution < 1.29 is 9.53 Å². The third kappa shape index (κ3) is 4.95. The second-order valence-corrected chi connectivity index (χ2v) is 6.52. The number of nitriles is 1. The van der Waals surface area contributed by atoms with Crippen LogP contribution in [0.2, 0.25) is 0 Å². The van der Waals surface area contributed by atoms with Crippen LogP contribution in [0.25, 0.3) is 6.08 Å².